The van der Waals surface area contributed by atoms with Gasteiger partial charge in [-0.25, -0.2) is 4.79 Å². The first-order chi connectivity index (χ1) is 21.3. The molecule has 16 nitrogen and oxygen atoms in total. The highest BCUT2D eigenvalue weighted by atomic mass is 16.4. The number of nitrogens with two attached hydrogens (primary N) is 5. The average Bonchev–Trinajstić information content (AvgIpc) is 3.37. The second kappa shape index (κ2) is 18.1. The van der Waals surface area contributed by atoms with E-state index in [1.165, 1.54) is 0 Å². The van der Waals surface area contributed by atoms with E-state index in [-0.39, 0.29) is 56.6 Å². The standard InChI is InChI=1S/C29H47N11O5/c1-16(2)13-19(30)24(41)38-21(9-5-11-35-28(31)32)25(42)39-22(10-6-12-36-29(33)34)26(43)40-23(27(44)45)14-17-15-37-20-8-4-3-7-18(17)20/h3-4,7-8,15-16,19,21-23,37H,5-6,9-14,30H2,1-2H3,(H,38,41)(H,39,42)(H,40,43)(H,44,45)(H4,31,32,35)(H4,33,34,36). The number of rotatable bonds is 19. The number of aliphatic imine (C=N–C) groups is 2. The highest BCUT2D eigenvalue weighted by Crippen LogP contribution is 2.19. The summed E-state index contributed by atoms with van der Waals surface area (Å²) in [6.07, 6.45) is 2.94. The number of benzene rings is 1. The Morgan fingerprint density at radius 2 is 1.33 bits per heavy atom. The SMILES string of the molecule is CC(C)CC(N)C(=O)NC(CCCN=C(N)N)C(=O)NC(CCCN=C(N)N)C(=O)NC(Cc1c[nH]c2ccccc12)C(=O)O. The molecule has 0 radical (unpaired) electrons. The van der Waals surface area contributed by atoms with E-state index in [1.54, 1.807) is 6.20 Å². The zero-order chi connectivity index (χ0) is 33.5. The number of aliphatic carboxylic acids is 1. The molecular formula is C29H47N11O5. The third kappa shape index (κ3) is 12.7. The second-order valence-electron chi connectivity index (χ2n) is 11.2. The molecule has 0 fully saturated rings. The van der Waals surface area contributed by atoms with E-state index in [4.69, 9.17) is 28.7 Å². The summed E-state index contributed by atoms with van der Waals surface area (Å²) >= 11 is 0. The number of hydrogen-bond donors (Lipinski definition) is 10. The summed E-state index contributed by atoms with van der Waals surface area (Å²) in [6, 6.07) is 3.01. The van der Waals surface area contributed by atoms with Crippen LogP contribution in [0.3, 0.4) is 0 Å². The molecule has 0 saturated heterocycles. The smallest absolute Gasteiger partial charge is 0.326 e. The van der Waals surface area contributed by atoms with Crippen LogP contribution in [0.15, 0.2) is 40.4 Å². The first kappa shape index (κ1) is 36.3. The fourth-order valence-electron chi connectivity index (χ4n) is 4.70. The fraction of sp³-hybridized carbons (Fsp3) is 0.517. The summed E-state index contributed by atoms with van der Waals surface area (Å²) in [5.74, 6) is -3.25. The molecule has 0 aliphatic heterocycles. The van der Waals surface area contributed by atoms with Crippen molar-refractivity contribution in [2.45, 2.75) is 76.5 Å². The van der Waals surface area contributed by atoms with Crippen LogP contribution in [0.4, 0.5) is 0 Å². The minimum atomic E-state index is -1.29. The van der Waals surface area contributed by atoms with Crippen molar-refractivity contribution in [2.24, 2.45) is 44.6 Å². The van der Waals surface area contributed by atoms with Gasteiger partial charge in [-0.15, -0.1) is 0 Å². The Morgan fingerprint density at radius 3 is 1.84 bits per heavy atom. The maximum absolute atomic E-state index is 13.5. The van der Waals surface area contributed by atoms with Crippen molar-refractivity contribution >= 4 is 46.5 Å². The Balaban J connectivity index is 2.25. The molecular weight excluding hydrogens is 582 g/mol. The Kier molecular flexibility index (Phi) is 14.6. The van der Waals surface area contributed by atoms with Gasteiger partial charge < -0.3 is 54.7 Å². The van der Waals surface area contributed by atoms with Gasteiger partial charge in [0, 0.05) is 36.6 Å². The number of carboxylic acid groups (broad SMARTS) is 1. The molecule has 248 valence electrons. The first-order valence-corrected chi connectivity index (χ1v) is 14.8. The number of nitrogens with one attached hydrogen (secondary N) is 4. The first-order valence-electron chi connectivity index (χ1n) is 14.8. The molecule has 4 atom stereocenters. The van der Waals surface area contributed by atoms with Crippen LogP contribution >= 0.6 is 0 Å². The molecule has 1 heterocycles. The lowest BCUT2D eigenvalue weighted by Gasteiger charge is -2.25. The maximum Gasteiger partial charge on any atom is 0.326 e. The Labute approximate surface area is 262 Å². The molecule has 3 amide bonds. The maximum atomic E-state index is 13.5. The summed E-state index contributed by atoms with van der Waals surface area (Å²) in [6.45, 7) is 4.21. The lowest BCUT2D eigenvalue weighted by molar-refractivity contribution is -0.142. The molecule has 1 aromatic heterocycles. The van der Waals surface area contributed by atoms with E-state index in [0.717, 1.165) is 10.9 Å². The number of guanidine groups is 2. The van der Waals surface area contributed by atoms with Crippen LogP contribution in [0, 0.1) is 5.92 Å². The van der Waals surface area contributed by atoms with Crippen molar-refractivity contribution in [1.29, 1.82) is 0 Å². The normalized spacial score (nSPS) is 13.7. The third-order valence-corrected chi connectivity index (χ3v) is 6.93. The molecule has 0 aliphatic rings. The number of amides is 3. The Hall–Kier alpha value is -4.86. The zero-order valence-corrected chi connectivity index (χ0v) is 25.8. The predicted octanol–water partition coefficient (Wildman–Crippen LogP) is -1.27. The van der Waals surface area contributed by atoms with Crippen molar-refractivity contribution in [1.82, 2.24) is 20.9 Å². The minimum absolute atomic E-state index is 0.00301. The van der Waals surface area contributed by atoms with Gasteiger partial charge >= 0.3 is 5.97 Å². The lowest BCUT2D eigenvalue weighted by Crippen LogP contribution is -2.57. The van der Waals surface area contributed by atoms with Crippen molar-refractivity contribution in [2.75, 3.05) is 13.1 Å². The summed E-state index contributed by atoms with van der Waals surface area (Å²) in [5.41, 5.74) is 29.2. The van der Waals surface area contributed by atoms with Gasteiger partial charge in [0.15, 0.2) is 11.9 Å². The van der Waals surface area contributed by atoms with Crippen LogP contribution in [-0.2, 0) is 25.6 Å². The van der Waals surface area contributed by atoms with Crippen LogP contribution in [0.2, 0.25) is 0 Å². The van der Waals surface area contributed by atoms with Gasteiger partial charge in [-0.2, -0.15) is 0 Å². The van der Waals surface area contributed by atoms with Gasteiger partial charge in [-0.1, -0.05) is 32.0 Å². The number of aromatic nitrogens is 1. The number of carboxylic acids is 1. The number of aromatic amines is 1. The van der Waals surface area contributed by atoms with Gasteiger partial charge in [0.1, 0.15) is 18.1 Å². The van der Waals surface area contributed by atoms with Crippen molar-refractivity contribution in [3.63, 3.8) is 0 Å². The van der Waals surface area contributed by atoms with Gasteiger partial charge in [0.05, 0.1) is 6.04 Å². The van der Waals surface area contributed by atoms with E-state index in [0.29, 0.717) is 18.4 Å². The van der Waals surface area contributed by atoms with E-state index in [9.17, 15) is 24.3 Å². The second-order valence-corrected chi connectivity index (χ2v) is 11.2. The molecule has 0 spiro atoms. The zero-order valence-electron chi connectivity index (χ0n) is 25.8. The number of fused-ring (bicyclic) bond motifs is 1. The number of carbonyl (C=O) groups excluding carboxylic acids is 3. The van der Waals surface area contributed by atoms with E-state index < -0.39 is 47.9 Å². The van der Waals surface area contributed by atoms with Crippen LogP contribution in [-0.4, -0.2) is 83.0 Å². The van der Waals surface area contributed by atoms with Crippen molar-refractivity contribution in [3.8, 4) is 0 Å². The highest BCUT2D eigenvalue weighted by Gasteiger charge is 2.30. The van der Waals surface area contributed by atoms with Crippen molar-refractivity contribution < 1.29 is 24.3 Å². The summed E-state index contributed by atoms with van der Waals surface area (Å²) in [5, 5.41) is 18.7. The number of hydrogen-bond acceptors (Lipinski definition) is 7. The van der Waals surface area contributed by atoms with E-state index in [2.05, 4.69) is 30.9 Å². The molecule has 2 rings (SSSR count). The number of H-pyrrole nitrogens is 1. The molecule has 45 heavy (non-hydrogen) atoms. The number of nitrogens with zero attached hydrogens (tertiary/aromatic N) is 2. The molecule has 0 aliphatic carbocycles. The lowest BCUT2D eigenvalue weighted by atomic mass is 10.0. The Morgan fingerprint density at radius 1 is 0.822 bits per heavy atom. The Bertz CT molecular complexity index is 1350. The molecule has 2 aromatic rings. The van der Waals surface area contributed by atoms with Gasteiger partial charge in [-0.3, -0.25) is 24.4 Å². The third-order valence-electron chi connectivity index (χ3n) is 6.93. The minimum Gasteiger partial charge on any atom is -0.480 e. The summed E-state index contributed by atoms with van der Waals surface area (Å²) in [7, 11) is 0. The molecule has 16 heteroatoms. The van der Waals surface area contributed by atoms with E-state index >= 15 is 0 Å². The number of carbonyl (C=O) groups is 4. The predicted molar refractivity (Wildman–Crippen MR) is 173 cm³/mol. The van der Waals surface area contributed by atoms with Crippen LogP contribution in [0.25, 0.3) is 10.9 Å². The van der Waals surface area contributed by atoms with Gasteiger partial charge in [0.2, 0.25) is 17.7 Å². The van der Waals surface area contributed by atoms with Gasteiger partial charge in [-0.05, 0) is 49.7 Å². The average molecular weight is 630 g/mol. The molecule has 0 bridgehead atoms. The molecule has 15 N–H and O–H groups in total. The number of para-hydroxylation sites is 1. The van der Waals surface area contributed by atoms with E-state index in [1.807, 2.05) is 38.1 Å². The topological polar surface area (TPSA) is 295 Å². The van der Waals surface area contributed by atoms with Crippen LogP contribution in [0.5, 0.6) is 0 Å². The largest absolute Gasteiger partial charge is 0.480 e. The van der Waals surface area contributed by atoms with Crippen LogP contribution < -0.4 is 44.6 Å². The summed E-state index contributed by atoms with van der Waals surface area (Å²) < 4.78 is 0. The monoisotopic (exact) mass is 629 g/mol. The highest BCUT2D eigenvalue weighted by molar-refractivity contribution is 5.94. The molecule has 1 aromatic carbocycles. The quantitative estimate of drug-likeness (QED) is 0.0499. The molecule has 4 unspecified atom stereocenters. The summed E-state index contributed by atoms with van der Waals surface area (Å²) in [4.78, 5) is 62.9. The van der Waals surface area contributed by atoms with Gasteiger partial charge in [0.25, 0.3) is 0 Å². The fourth-order valence-corrected chi connectivity index (χ4v) is 4.70. The molecule has 0 saturated carbocycles. The van der Waals surface area contributed by atoms with Crippen LogP contribution in [0.1, 0.15) is 51.5 Å². The van der Waals surface area contributed by atoms with Crippen molar-refractivity contribution in [3.05, 3.63) is 36.0 Å².